The van der Waals surface area contributed by atoms with Crippen LogP contribution in [0, 0.1) is 0 Å². The Morgan fingerprint density at radius 2 is 1.88 bits per heavy atom. The van der Waals surface area contributed by atoms with Crippen molar-refractivity contribution in [1.29, 1.82) is 0 Å². The minimum atomic E-state index is -0.0948. The van der Waals surface area contributed by atoms with Crippen molar-refractivity contribution >= 4 is 5.91 Å². The van der Waals surface area contributed by atoms with E-state index in [1.165, 1.54) is 0 Å². The van der Waals surface area contributed by atoms with Crippen LogP contribution in [0.2, 0.25) is 0 Å². The topological polar surface area (TPSA) is 67.3 Å². The number of nitrogens with zero attached hydrogens (tertiary/aromatic N) is 3. The number of hydrogen-bond acceptors (Lipinski definition) is 5. The second-order valence-corrected chi connectivity index (χ2v) is 6.70. The predicted octanol–water partition coefficient (Wildman–Crippen LogP) is 3.00. The summed E-state index contributed by atoms with van der Waals surface area (Å²) in [6.45, 7) is 10.1. The zero-order valence-corrected chi connectivity index (χ0v) is 16.2. The molecule has 26 heavy (non-hydrogen) atoms. The number of carbonyl (C=O) groups is 1. The first-order chi connectivity index (χ1) is 12.4. The van der Waals surface area contributed by atoms with Gasteiger partial charge in [0.1, 0.15) is 0 Å². The van der Waals surface area contributed by atoms with Crippen LogP contribution in [-0.2, 0) is 0 Å². The second kappa shape index (κ2) is 9.29. The van der Waals surface area contributed by atoms with Gasteiger partial charge in [0.25, 0.3) is 5.91 Å². The number of carbonyl (C=O) groups excluding carboxylic acids is 1. The molecule has 0 unspecified atom stereocenters. The summed E-state index contributed by atoms with van der Waals surface area (Å²) >= 11 is 0. The molecule has 1 amide bonds. The van der Waals surface area contributed by atoms with Crippen LogP contribution in [0.15, 0.2) is 36.7 Å². The van der Waals surface area contributed by atoms with Crippen molar-refractivity contribution in [3.05, 3.63) is 42.2 Å². The van der Waals surface area contributed by atoms with Crippen molar-refractivity contribution in [2.24, 2.45) is 0 Å². The molecule has 0 fully saturated rings. The first-order valence-corrected chi connectivity index (χ1v) is 8.92. The zero-order valence-electron chi connectivity index (χ0n) is 16.2. The molecule has 140 valence electrons. The van der Waals surface area contributed by atoms with E-state index in [-0.39, 0.29) is 5.91 Å². The molecule has 2 heterocycles. The Morgan fingerprint density at radius 1 is 1.15 bits per heavy atom. The molecule has 0 aromatic carbocycles. The summed E-state index contributed by atoms with van der Waals surface area (Å²) in [6.07, 6.45) is 3.33. The maximum absolute atomic E-state index is 12.5. The van der Waals surface area contributed by atoms with E-state index in [0.717, 1.165) is 12.1 Å². The Labute approximate surface area is 155 Å². The highest BCUT2D eigenvalue weighted by Crippen LogP contribution is 2.19. The van der Waals surface area contributed by atoms with Crippen LogP contribution in [-0.4, -0.2) is 53.1 Å². The van der Waals surface area contributed by atoms with Crippen LogP contribution in [0.3, 0.4) is 0 Å². The lowest BCUT2D eigenvalue weighted by Crippen LogP contribution is -2.42. The van der Waals surface area contributed by atoms with Crippen LogP contribution in [0.4, 0.5) is 0 Å². The average molecular weight is 356 g/mol. The van der Waals surface area contributed by atoms with Gasteiger partial charge in [-0.05, 0) is 45.9 Å². The number of methoxy groups -OCH3 is 1. The molecule has 6 heteroatoms. The summed E-state index contributed by atoms with van der Waals surface area (Å²) in [5.41, 5.74) is 2.14. The highest BCUT2D eigenvalue weighted by molar-refractivity contribution is 5.95. The van der Waals surface area contributed by atoms with Crippen LogP contribution >= 0.6 is 0 Å². The number of aromatic nitrogens is 2. The molecule has 2 aromatic heterocycles. The molecule has 0 radical (unpaired) electrons. The number of nitrogens with one attached hydrogen (secondary N) is 1. The Morgan fingerprint density at radius 3 is 2.46 bits per heavy atom. The van der Waals surface area contributed by atoms with Crippen molar-refractivity contribution in [1.82, 2.24) is 20.2 Å². The van der Waals surface area contributed by atoms with Crippen LogP contribution in [0.5, 0.6) is 5.88 Å². The summed E-state index contributed by atoms with van der Waals surface area (Å²) in [5, 5.41) is 2.99. The third-order valence-corrected chi connectivity index (χ3v) is 4.25. The molecule has 0 aliphatic heterocycles. The fraction of sp³-hybridized carbons (Fsp3) is 0.450. The van der Waals surface area contributed by atoms with Gasteiger partial charge < -0.3 is 10.1 Å². The van der Waals surface area contributed by atoms with Crippen molar-refractivity contribution in [2.75, 3.05) is 20.2 Å². The van der Waals surface area contributed by atoms with E-state index in [2.05, 4.69) is 47.9 Å². The van der Waals surface area contributed by atoms with Gasteiger partial charge in [0.05, 0.1) is 12.8 Å². The molecular formula is C20H28N4O2. The van der Waals surface area contributed by atoms with Crippen LogP contribution < -0.4 is 10.1 Å². The van der Waals surface area contributed by atoms with Crippen molar-refractivity contribution in [3.8, 4) is 17.1 Å². The van der Waals surface area contributed by atoms with Crippen molar-refractivity contribution < 1.29 is 9.53 Å². The molecule has 0 atom stereocenters. The van der Waals surface area contributed by atoms with E-state index >= 15 is 0 Å². The Bertz CT molecular complexity index is 706. The summed E-state index contributed by atoms with van der Waals surface area (Å²) < 4.78 is 5.06. The molecular weight excluding hydrogens is 328 g/mol. The number of rotatable bonds is 8. The summed E-state index contributed by atoms with van der Waals surface area (Å²) in [5.74, 6) is 0.449. The molecule has 2 rings (SSSR count). The second-order valence-electron chi connectivity index (χ2n) is 6.70. The number of amides is 1. The van der Waals surface area contributed by atoms with Crippen molar-refractivity contribution in [2.45, 2.75) is 39.8 Å². The molecule has 0 saturated carbocycles. The SMILES string of the molecule is COc1ccc(-c2cc(C(=O)NCCN(C(C)C)C(C)C)ccn2)cn1. The predicted molar refractivity (Wildman–Crippen MR) is 103 cm³/mol. The molecule has 0 aliphatic rings. The summed E-state index contributed by atoms with van der Waals surface area (Å²) in [6, 6.07) is 8.04. The maximum atomic E-state index is 12.5. The maximum Gasteiger partial charge on any atom is 0.251 e. The summed E-state index contributed by atoms with van der Waals surface area (Å²) in [7, 11) is 1.57. The van der Waals surface area contributed by atoms with E-state index in [9.17, 15) is 4.79 Å². The van der Waals surface area contributed by atoms with E-state index in [1.54, 1.807) is 37.7 Å². The van der Waals surface area contributed by atoms with Crippen LogP contribution in [0.25, 0.3) is 11.3 Å². The Balaban J connectivity index is 2.01. The molecule has 6 nitrogen and oxygen atoms in total. The van der Waals surface area contributed by atoms with Gasteiger partial charge >= 0.3 is 0 Å². The molecule has 0 saturated heterocycles. The average Bonchev–Trinajstić information content (AvgIpc) is 2.64. The van der Waals surface area contributed by atoms with Gasteiger partial charge in [0.2, 0.25) is 5.88 Å². The fourth-order valence-electron chi connectivity index (χ4n) is 2.90. The first kappa shape index (κ1) is 19.8. The Hall–Kier alpha value is -2.47. The number of pyridine rings is 2. The van der Waals surface area contributed by atoms with Crippen molar-refractivity contribution in [3.63, 3.8) is 0 Å². The lowest BCUT2D eigenvalue weighted by Gasteiger charge is -2.30. The number of ether oxygens (including phenoxy) is 1. The van der Waals surface area contributed by atoms with E-state index < -0.39 is 0 Å². The summed E-state index contributed by atoms with van der Waals surface area (Å²) in [4.78, 5) is 23.3. The van der Waals surface area contributed by atoms with Gasteiger partial charge in [-0.3, -0.25) is 14.7 Å². The number of hydrogen-bond donors (Lipinski definition) is 1. The third kappa shape index (κ3) is 5.26. The highest BCUT2D eigenvalue weighted by Gasteiger charge is 2.14. The van der Waals surface area contributed by atoms with E-state index in [0.29, 0.717) is 35.8 Å². The fourth-order valence-corrected chi connectivity index (χ4v) is 2.90. The van der Waals surface area contributed by atoms with Gasteiger partial charge in [-0.15, -0.1) is 0 Å². The van der Waals surface area contributed by atoms with E-state index in [1.807, 2.05) is 6.07 Å². The third-order valence-electron chi connectivity index (χ3n) is 4.25. The molecule has 0 aliphatic carbocycles. The lowest BCUT2D eigenvalue weighted by molar-refractivity contribution is 0.0939. The largest absolute Gasteiger partial charge is 0.481 e. The minimum Gasteiger partial charge on any atom is -0.481 e. The monoisotopic (exact) mass is 356 g/mol. The zero-order chi connectivity index (χ0) is 19.1. The molecule has 0 spiro atoms. The van der Waals surface area contributed by atoms with Crippen LogP contribution in [0.1, 0.15) is 38.1 Å². The Kier molecular flexibility index (Phi) is 7.09. The minimum absolute atomic E-state index is 0.0948. The van der Waals surface area contributed by atoms with Gasteiger partial charge in [-0.1, -0.05) is 0 Å². The smallest absolute Gasteiger partial charge is 0.251 e. The van der Waals surface area contributed by atoms with Gasteiger partial charge in [0, 0.05) is 54.8 Å². The quantitative estimate of drug-likeness (QED) is 0.787. The van der Waals surface area contributed by atoms with Gasteiger partial charge in [-0.25, -0.2) is 4.98 Å². The van der Waals surface area contributed by atoms with Gasteiger partial charge in [-0.2, -0.15) is 0 Å². The normalized spacial score (nSPS) is 11.2. The lowest BCUT2D eigenvalue weighted by atomic mass is 10.1. The standard InChI is InChI=1S/C20H28N4O2/c1-14(2)24(15(3)4)11-10-22-20(25)16-8-9-21-18(12-16)17-6-7-19(26-5)23-13-17/h6-9,12-15H,10-11H2,1-5H3,(H,22,25). The molecule has 0 bridgehead atoms. The molecule has 2 aromatic rings. The highest BCUT2D eigenvalue weighted by atomic mass is 16.5. The first-order valence-electron chi connectivity index (χ1n) is 8.92. The molecule has 1 N–H and O–H groups in total. The van der Waals surface area contributed by atoms with Gasteiger partial charge in [0.15, 0.2) is 0 Å². The van der Waals surface area contributed by atoms with E-state index in [4.69, 9.17) is 4.74 Å².